The first-order valence-corrected chi connectivity index (χ1v) is 5.38. The van der Waals surface area contributed by atoms with Crippen molar-refractivity contribution >= 4 is 0 Å². The minimum Gasteiger partial charge on any atom is -0.321 e. The molecule has 0 saturated heterocycles. The molecule has 1 N–H and O–H groups in total. The largest absolute Gasteiger partial charge is 0.321 e. The van der Waals surface area contributed by atoms with Crippen molar-refractivity contribution in [3.8, 4) is 0 Å². The van der Waals surface area contributed by atoms with Crippen LogP contribution in [-0.4, -0.2) is 53.4 Å². The summed E-state index contributed by atoms with van der Waals surface area (Å²) < 4.78 is 1.96. The Morgan fingerprint density at radius 2 is 2.20 bits per heavy atom. The van der Waals surface area contributed by atoms with Gasteiger partial charge in [0, 0.05) is 20.0 Å². The lowest BCUT2D eigenvalue weighted by atomic mass is 10.3. The van der Waals surface area contributed by atoms with Crippen molar-refractivity contribution in [2.24, 2.45) is 7.05 Å². The predicted molar refractivity (Wildman–Crippen MR) is 60.7 cm³/mol. The number of hydrogen-bond donors (Lipinski definition) is 1. The second-order valence-corrected chi connectivity index (χ2v) is 4.01. The Bertz CT molecular complexity index is 269. The molecule has 1 aromatic heterocycles. The first-order chi connectivity index (χ1) is 7.20. The molecule has 0 aliphatic rings. The fourth-order valence-corrected chi connectivity index (χ4v) is 1.38. The fraction of sp³-hybridized carbons (Fsp3) is 0.800. The number of nitrogens with zero attached hydrogens (tertiary/aromatic N) is 4. The van der Waals surface area contributed by atoms with Gasteiger partial charge in [-0.1, -0.05) is 0 Å². The lowest BCUT2D eigenvalue weighted by molar-refractivity contribution is 0.394. The molecule has 1 heterocycles. The summed E-state index contributed by atoms with van der Waals surface area (Å²) in [6.07, 6.45) is 3.87. The average Bonchev–Trinajstić information content (AvgIpc) is 2.57. The summed E-state index contributed by atoms with van der Waals surface area (Å²) in [5.41, 5.74) is 0. The van der Waals surface area contributed by atoms with Crippen LogP contribution < -0.4 is 5.32 Å². The van der Waals surface area contributed by atoms with Crippen LogP contribution >= 0.6 is 0 Å². The summed E-state index contributed by atoms with van der Waals surface area (Å²) in [6.45, 7) is 3.17. The minimum atomic E-state index is 0.943. The molecule has 1 aromatic rings. The van der Waals surface area contributed by atoms with E-state index in [0.717, 1.165) is 31.9 Å². The van der Waals surface area contributed by atoms with E-state index in [1.165, 1.54) is 6.42 Å². The first kappa shape index (κ1) is 12.1. The Morgan fingerprint density at radius 1 is 1.40 bits per heavy atom. The molecule has 0 aliphatic carbocycles. The van der Waals surface area contributed by atoms with Gasteiger partial charge in [0.2, 0.25) is 0 Å². The van der Waals surface area contributed by atoms with Crippen molar-refractivity contribution in [2.45, 2.75) is 12.8 Å². The predicted octanol–water partition coefficient (Wildman–Crippen LogP) is -0.101. The average molecular weight is 211 g/mol. The van der Waals surface area contributed by atoms with Crippen LogP contribution in [0.3, 0.4) is 0 Å². The number of rotatable bonds is 7. The molecule has 15 heavy (non-hydrogen) atoms. The molecule has 86 valence electrons. The lowest BCUT2D eigenvalue weighted by Gasteiger charge is -2.09. The summed E-state index contributed by atoms with van der Waals surface area (Å²) in [6, 6.07) is 0. The lowest BCUT2D eigenvalue weighted by Crippen LogP contribution is -2.23. The fourth-order valence-electron chi connectivity index (χ4n) is 1.38. The van der Waals surface area contributed by atoms with Crippen molar-refractivity contribution in [1.82, 2.24) is 25.0 Å². The van der Waals surface area contributed by atoms with Gasteiger partial charge in [0.25, 0.3) is 0 Å². The highest BCUT2D eigenvalue weighted by molar-refractivity contribution is 4.84. The number of nitrogens with one attached hydrogen (secondary N) is 1. The van der Waals surface area contributed by atoms with Gasteiger partial charge in [0.05, 0.1) is 0 Å². The van der Waals surface area contributed by atoms with Gasteiger partial charge in [0.15, 0.2) is 0 Å². The summed E-state index contributed by atoms with van der Waals surface area (Å²) >= 11 is 0. The van der Waals surface area contributed by atoms with Crippen molar-refractivity contribution in [3.63, 3.8) is 0 Å². The van der Waals surface area contributed by atoms with Crippen molar-refractivity contribution < 1.29 is 0 Å². The molecule has 0 aromatic carbocycles. The summed E-state index contributed by atoms with van der Waals surface area (Å²) in [5.74, 6) is 1.04. The maximum absolute atomic E-state index is 4.03. The van der Waals surface area contributed by atoms with E-state index in [1.54, 1.807) is 6.33 Å². The molecular weight excluding hydrogens is 190 g/mol. The number of hydrogen-bond acceptors (Lipinski definition) is 4. The van der Waals surface area contributed by atoms with Crippen molar-refractivity contribution in [1.29, 1.82) is 0 Å². The van der Waals surface area contributed by atoms with Gasteiger partial charge in [-0.25, -0.2) is 0 Å². The molecule has 0 fully saturated rings. The molecule has 5 heteroatoms. The van der Waals surface area contributed by atoms with Gasteiger partial charge in [-0.05, 0) is 33.6 Å². The third kappa shape index (κ3) is 4.90. The van der Waals surface area contributed by atoms with E-state index >= 15 is 0 Å². The third-order valence-corrected chi connectivity index (χ3v) is 2.29. The van der Waals surface area contributed by atoms with Crippen LogP contribution in [0.1, 0.15) is 12.2 Å². The second-order valence-electron chi connectivity index (χ2n) is 4.01. The number of aryl methyl sites for hydroxylation is 1. The zero-order valence-corrected chi connectivity index (χ0v) is 9.90. The Balaban J connectivity index is 2.00. The standard InChI is InChI=1S/C10H21N5/c1-14(2)8-4-6-11-7-5-10-13-12-9-15(10)3/h9,11H,4-8H2,1-3H3. The Kier molecular flexibility index (Phi) is 5.28. The molecule has 0 atom stereocenters. The number of aromatic nitrogens is 3. The van der Waals surface area contributed by atoms with E-state index < -0.39 is 0 Å². The summed E-state index contributed by atoms with van der Waals surface area (Å²) in [4.78, 5) is 2.20. The third-order valence-electron chi connectivity index (χ3n) is 2.29. The maximum atomic E-state index is 4.03. The highest BCUT2D eigenvalue weighted by Crippen LogP contribution is 1.91. The molecule has 0 amide bonds. The topological polar surface area (TPSA) is 46.0 Å². The van der Waals surface area contributed by atoms with Crippen LogP contribution in [-0.2, 0) is 13.5 Å². The summed E-state index contributed by atoms with van der Waals surface area (Å²) in [7, 11) is 6.17. The molecule has 0 bridgehead atoms. The van der Waals surface area contributed by atoms with E-state index in [2.05, 4.69) is 34.5 Å². The molecule has 1 rings (SSSR count). The molecule has 0 saturated carbocycles. The van der Waals surface area contributed by atoms with Crippen LogP contribution in [0, 0.1) is 0 Å². The van der Waals surface area contributed by atoms with E-state index in [0.29, 0.717) is 0 Å². The molecular formula is C10H21N5. The van der Waals surface area contributed by atoms with E-state index in [1.807, 2.05) is 11.6 Å². The van der Waals surface area contributed by atoms with Crippen LogP contribution in [0.5, 0.6) is 0 Å². The molecule has 0 aliphatic heterocycles. The normalized spacial score (nSPS) is 11.2. The minimum absolute atomic E-state index is 0.943. The van der Waals surface area contributed by atoms with E-state index in [9.17, 15) is 0 Å². The zero-order valence-electron chi connectivity index (χ0n) is 9.90. The van der Waals surface area contributed by atoms with Crippen molar-refractivity contribution in [2.75, 3.05) is 33.7 Å². The van der Waals surface area contributed by atoms with Crippen LogP contribution in [0.4, 0.5) is 0 Å². The highest BCUT2D eigenvalue weighted by atomic mass is 15.2. The van der Waals surface area contributed by atoms with Gasteiger partial charge < -0.3 is 14.8 Å². The van der Waals surface area contributed by atoms with Crippen LogP contribution in [0.15, 0.2) is 6.33 Å². The highest BCUT2D eigenvalue weighted by Gasteiger charge is 1.99. The van der Waals surface area contributed by atoms with Crippen LogP contribution in [0.2, 0.25) is 0 Å². The van der Waals surface area contributed by atoms with E-state index in [-0.39, 0.29) is 0 Å². The molecule has 0 unspecified atom stereocenters. The van der Waals surface area contributed by atoms with Gasteiger partial charge >= 0.3 is 0 Å². The second kappa shape index (κ2) is 6.53. The smallest absolute Gasteiger partial charge is 0.133 e. The Morgan fingerprint density at radius 3 is 2.80 bits per heavy atom. The SMILES string of the molecule is CN(C)CCCNCCc1nncn1C. The summed E-state index contributed by atoms with van der Waals surface area (Å²) in [5, 5.41) is 11.3. The quantitative estimate of drug-likeness (QED) is 0.640. The van der Waals surface area contributed by atoms with Gasteiger partial charge in [-0.3, -0.25) is 0 Å². The Hall–Kier alpha value is -0.940. The van der Waals surface area contributed by atoms with Gasteiger partial charge in [0.1, 0.15) is 12.2 Å². The first-order valence-electron chi connectivity index (χ1n) is 5.38. The maximum Gasteiger partial charge on any atom is 0.133 e. The van der Waals surface area contributed by atoms with Crippen molar-refractivity contribution in [3.05, 3.63) is 12.2 Å². The van der Waals surface area contributed by atoms with Gasteiger partial charge in [-0.15, -0.1) is 10.2 Å². The van der Waals surface area contributed by atoms with Gasteiger partial charge in [-0.2, -0.15) is 0 Å². The molecule has 5 nitrogen and oxygen atoms in total. The monoisotopic (exact) mass is 211 g/mol. The molecule has 0 spiro atoms. The zero-order chi connectivity index (χ0) is 11.1. The van der Waals surface area contributed by atoms with Crippen LogP contribution in [0.25, 0.3) is 0 Å². The van der Waals surface area contributed by atoms with E-state index in [4.69, 9.17) is 0 Å². The molecule has 0 radical (unpaired) electrons. The Labute approximate surface area is 91.5 Å².